The lowest BCUT2D eigenvalue weighted by molar-refractivity contribution is 0.0690. The molecule has 0 aliphatic heterocycles. The lowest BCUT2D eigenvalue weighted by Crippen LogP contribution is -2.02. The van der Waals surface area contributed by atoms with Gasteiger partial charge in [0.15, 0.2) is 11.5 Å². The molecule has 2 aromatic heterocycles. The molecule has 0 aliphatic carbocycles. The molecule has 0 spiro atoms. The Hall–Kier alpha value is -1.69. The van der Waals surface area contributed by atoms with Crippen LogP contribution in [0.4, 0.5) is 0 Å². The van der Waals surface area contributed by atoms with Gasteiger partial charge in [-0.1, -0.05) is 0 Å². The van der Waals surface area contributed by atoms with Crippen molar-refractivity contribution in [1.82, 2.24) is 14.8 Å². The van der Waals surface area contributed by atoms with Crippen LogP contribution in [0.2, 0.25) is 0 Å². The van der Waals surface area contributed by atoms with E-state index in [4.69, 9.17) is 5.11 Å². The molecule has 0 saturated heterocycles. The van der Waals surface area contributed by atoms with Crippen molar-refractivity contribution >= 4 is 21.9 Å². The fraction of sp³-hybridized carbons (Fsp3) is 0. The van der Waals surface area contributed by atoms with Crippen molar-refractivity contribution in [3.8, 4) is 5.82 Å². The summed E-state index contributed by atoms with van der Waals surface area (Å²) in [7, 11) is 0. The van der Waals surface area contributed by atoms with Gasteiger partial charge >= 0.3 is 5.97 Å². The summed E-state index contributed by atoms with van der Waals surface area (Å²) in [5.74, 6) is -0.475. The number of aromatic nitrogens is 3. The monoisotopic (exact) mass is 267 g/mol. The third-order valence-electron chi connectivity index (χ3n) is 1.75. The Kier molecular flexibility index (Phi) is 2.51. The van der Waals surface area contributed by atoms with E-state index in [9.17, 15) is 4.79 Å². The minimum absolute atomic E-state index is 0.000260. The summed E-state index contributed by atoms with van der Waals surface area (Å²) >= 11 is 3.26. The van der Waals surface area contributed by atoms with E-state index >= 15 is 0 Å². The van der Waals surface area contributed by atoms with Crippen molar-refractivity contribution in [3.05, 3.63) is 40.8 Å². The van der Waals surface area contributed by atoms with Crippen molar-refractivity contribution in [2.45, 2.75) is 0 Å². The summed E-state index contributed by atoms with van der Waals surface area (Å²) in [5.41, 5.74) is -0.000260. The van der Waals surface area contributed by atoms with Gasteiger partial charge in [-0.25, -0.2) is 14.5 Å². The summed E-state index contributed by atoms with van der Waals surface area (Å²) in [6.45, 7) is 0. The number of carboxylic acid groups (broad SMARTS) is 1. The minimum Gasteiger partial charge on any atom is -0.476 e. The van der Waals surface area contributed by atoms with E-state index in [0.717, 1.165) is 4.47 Å². The highest BCUT2D eigenvalue weighted by atomic mass is 79.9. The molecule has 0 aliphatic rings. The summed E-state index contributed by atoms with van der Waals surface area (Å²) in [4.78, 5) is 14.7. The number of carboxylic acids is 1. The van der Waals surface area contributed by atoms with Gasteiger partial charge in [0.1, 0.15) is 0 Å². The average Bonchev–Trinajstić information content (AvgIpc) is 2.68. The van der Waals surface area contributed by atoms with Gasteiger partial charge in [0, 0.05) is 16.9 Å². The minimum atomic E-state index is -1.05. The second-order valence-electron chi connectivity index (χ2n) is 2.79. The van der Waals surface area contributed by atoms with Gasteiger partial charge in [-0.3, -0.25) is 0 Å². The summed E-state index contributed by atoms with van der Waals surface area (Å²) in [5, 5.41) is 12.5. The molecule has 2 heterocycles. The normalized spacial score (nSPS) is 10.2. The zero-order valence-corrected chi connectivity index (χ0v) is 9.05. The highest BCUT2D eigenvalue weighted by Crippen LogP contribution is 2.10. The molecule has 0 radical (unpaired) electrons. The van der Waals surface area contributed by atoms with E-state index in [1.54, 1.807) is 18.5 Å². The molecule has 0 bridgehead atoms. The molecule has 5 nitrogen and oxygen atoms in total. The first-order valence-corrected chi connectivity index (χ1v) is 4.87. The largest absolute Gasteiger partial charge is 0.476 e. The van der Waals surface area contributed by atoms with E-state index < -0.39 is 5.97 Å². The van der Waals surface area contributed by atoms with Crippen molar-refractivity contribution in [3.63, 3.8) is 0 Å². The van der Waals surface area contributed by atoms with Crippen LogP contribution < -0.4 is 0 Å². The molecule has 0 amide bonds. The Morgan fingerprint density at radius 1 is 1.40 bits per heavy atom. The van der Waals surface area contributed by atoms with Gasteiger partial charge in [-0.05, 0) is 34.1 Å². The van der Waals surface area contributed by atoms with Crippen LogP contribution in [0.1, 0.15) is 10.5 Å². The standard InChI is InChI=1S/C9H6BrN3O2/c10-6-1-2-8(11-5-6)13-4-3-7(12-13)9(14)15/h1-5H,(H,14,15). The van der Waals surface area contributed by atoms with Crippen LogP contribution in [0.3, 0.4) is 0 Å². The van der Waals surface area contributed by atoms with Gasteiger partial charge < -0.3 is 5.11 Å². The highest BCUT2D eigenvalue weighted by molar-refractivity contribution is 9.10. The van der Waals surface area contributed by atoms with Crippen LogP contribution in [0.5, 0.6) is 0 Å². The van der Waals surface area contributed by atoms with Gasteiger partial charge in [-0.15, -0.1) is 0 Å². The number of rotatable bonds is 2. The number of halogens is 1. The molecule has 0 unspecified atom stereocenters. The maximum atomic E-state index is 10.6. The molecule has 0 atom stereocenters. The fourth-order valence-electron chi connectivity index (χ4n) is 1.07. The van der Waals surface area contributed by atoms with Crippen molar-refractivity contribution < 1.29 is 9.90 Å². The first-order valence-electron chi connectivity index (χ1n) is 4.08. The molecular formula is C9H6BrN3O2. The van der Waals surface area contributed by atoms with E-state index in [-0.39, 0.29) is 5.69 Å². The molecule has 2 aromatic rings. The first kappa shape index (κ1) is 9.85. The van der Waals surface area contributed by atoms with Gasteiger partial charge in [0.2, 0.25) is 0 Å². The van der Waals surface area contributed by atoms with Crippen LogP contribution in [-0.4, -0.2) is 25.8 Å². The zero-order valence-electron chi connectivity index (χ0n) is 7.46. The Labute approximate surface area is 93.5 Å². The van der Waals surface area contributed by atoms with Crippen LogP contribution >= 0.6 is 15.9 Å². The maximum Gasteiger partial charge on any atom is 0.356 e. The number of pyridine rings is 1. The van der Waals surface area contributed by atoms with E-state index in [0.29, 0.717) is 5.82 Å². The third kappa shape index (κ3) is 2.04. The molecule has 76 valence electrons. The van der Waals surface area contributed by atoms with Crippen molar-refractivity contribution in [2.75, 3.05) is 0 Å². The average molecular weight is 268 g/mol. The predicted molar refractivity (Wildman–Crippen MR) is 56.0 cm³/mol. The van der Waals surface area contributed by atoms with Crippen molar-refractivity contribution in [2.24, 2.45) is 0 Å². The van der Waals surface area contributed by atoms with Gasteiger partial charge in [0.25, 0.3) is 0 Å². The number of aromatic carboxylic acids is 1. The predicted octanol–water partition coefficient (Wildman–Crippen LogP) is 1.73. The van der Waals surface area contributed by atoms with E-state index in [1.807, 2.05) is 6.07 Å². The van der Waals surface area contributed by atoms with Crippen LogP contribution in [-0.2, 0) is 0 Å². The van der Waals surface area contributed by atoms with Gasteiger partial charge in [0.05, 0.1) is 0 Å². The highest BCUT2D eigenvalue weighted by Gasteiger charge is 2.07. The van der Waals surface area contributed by atoms with E-state index in [1.165, 1.54) is 10.7 Å². The maximum absolute atomic E-state index is 10.6. The van der Waals surface area contributed by atoms with Crippen molar-refractivity contribution in [1.29, 1.82) is 0 Å². The Balaban J connectivity index is 2.37. The molecule has 0 aromatic carbocycles. The second-order valence-corrected chi connectivity index (χ2v) is 3.70. The van der Waals surface area contributed by atoms with Crippen LogP contribution in [0.15, 0.2) is 35.1 Å². The smallest absolute Gasteiger partial charge is 0.356 e. The number of hydrogen-bond acceptors (Lipinski definition) is 3. The summed E-state index contributed by atoms with van der Waals surface area (Å²) in [6, 6.07) is 4.97. The lowest BCUT2D eigenvalue weighted by Gasteiger charge is -1.98. The molecule has 15 heavy (non-hydrogen) atoms. The molecule has 2 rings (SSSR count). The summed E-state index contributed by atoms with van der Waals surface area (Å²) in [6.07, 6.45) is 3.18. The van der Waals surface area contributed by atoms with Crippen LogP contribution in [0, 0.1) is 0 Å². The molecule has 1 N–H and O–H groups in total. The Morgan fingerprint density at radius 3 is 2.73 bits per heavy atom. The molecule has 6 heteroatoms. The first-order chi connectivity index (χ1) is 7.16. The Morgan fingerprint density at radius 2 is 2.20 bits per heavy atom. The molecular weight excluding hydrogens is 262 g/mol. The second kappa shape index (κ2) is 3.82. The Bertz CT molecular complexity index is 492. The zero-order chi connectivity index (χ0) is 10.8. The lowest BCUT2D eigenvalue weighted by atomic mass is 10.4. The molecule has 0 saturated carbocycles. The SMILES string of the molecule is O=C(O)c1ccn(-c2ccc(Br)cn2)n1. The van der Waals surface area contributed by atoms with E-state index in [2.05, 4.69) is 26.0 Å². The fourth-order valence-corrected chi connectivity index (χ4v) is 1.30. The third-order valence-corrected chi connectivity index (χ3v) is 2.22. The number of nitrogens with zero attached hydrogens (tertiary/aromatic N) is 3. The van der Waals surface area contributed by atoms with Crippen LogP contribution in [0.25, 0.3) is 5.82 Å². The molecule has 0 fully saturated rings. The summed E-state index contributed by atoms with van der Waals surface area (Å²) < 4.78 is 2.27. The number of hydrogen-bond donors (Lipinski definition) is 1. The topological polar surface area (TPSA) is 68.0 Å². The van der Waals surface area contributed by atoms with Gasteiger partial charge in [-0.2, -0.15) is 5.10 Å². The number of carbonyl (C=O) groups is 1. The quantitative estimate of drug-likeness (QED) is 0.900.